The molecule has 2 heterocycles. The van der Waals surface area contributed by atoms with Gasteiger partial charge in [0.2, 0.25) is 0 Å². The third kappa shape index (κ3) is 4.20. The van der Waals surface area contributed by atoms with Gasteiger partial charge in [-0.15, -0.1) is 0 Å². The van der Waals surface area contributed by atoms with Crippen molar-refractivity contribution in [2.75, 3.05) is 18.5 Å². The van der Waals surface area contributed by atoms with Gasteiger partial charge in [-0.25, -0.2) is 4.79 Å². The fourth-order valence-electron chi connectivity index (χ4n) is 2.88. The van der Waals surface area contributed by atoms with Crippen LogP contribution in [0.15, 0.2) is 15.7 Å². The number of nitrogens with zero attached hydrogens (tertiary/aromatic N) is 1. The summed E-state index contributed by atoms with van der Waals surface area (Å²) in [6.07, 6.45) is 3.17. The predicted molar refractivity (Wildman–Crippen MR) is 83.0 cm³/mol. The summed E-state index contributed by atoms with van der Waals surface area (Å²) in [7, 11) is 0. The number of nitrogens with one attached hydrogen (secondary N) is 2. The fraction of sp³-hybridized carbons (Fsp3) is 0.733. The minimum Gasteiger partial charge on any atom is -0.381 e. The molecule has 1 aliphatic rings. The first-order chi connectivity index (χ1) is 9.97. The van der Waals surface area contributed by atoms with Gasteiger partial charge in [0.25, 0.3) is 5.56 Å². The number of anilines is 1. The van der Waals surface area contributed by atoms with E-state index in [1.54, 1.807) is 0 Å². The van der Waals surface area contributed by atoms with Crippen LogP contribution in [0.4, 0.5) is 5.82 Å². The molecule has 0 amide bonds. The lowest BCUT2D eigenvalue weighted by atomic mass is 9.93. The van der Waals surface area contributed by atoms with Crippen LogP contribution in [0, 0.1) is 5.92 Å². The van der Waals surface area contributed by atoms with E-state index in [-0.39, 0.29) is 23.3 Å². The van der Waals surface area contributed by atoms with E-state index in [9.17, 15) is 9.59 Å². The zero-order valence-corrected chi connectivity index (χ0v) is 13.0. The summed E-state index contributed by atoms with van der Waals surface area (Å²) in [4.78, 5) is 26.6. The average Bonchev–Trinajstić information content (AvgIpc) is 2.38. The Morgan fingerprint density at radius 2 is 2.00 bits per heavy atom. The van der Waals surface area contributed by atoms with E-state index < -0.39 is 0 Å². The van der Waals surface area contributed by atoms with Crippen LogP contribution in [0.5, 0.6) is 0 Å². The maximum Gasteiger partial charge on any atom is 0.330 e. The van der Waals surface area contributed by atoms with Crippen molar-refractivity contribution in [2.45, 2.75) is 52.1 Å². The molecule has 0 radical (unpaired) electrons. The lowest BCUT2D eigenvalue weighted by Crippen LogP contribution is -2.37. The Morgan fingerprint density at radius 1 is 1.33 bits per heavy atom. The summed E-state index contributed by atoms with van der Waals surface area (Å²) in [6.45, 7) is 7.37. The second kappa shape index (κ2) is 6.93. The monoisotopic (exact) mass is 295 g/mol. The SMILES string of the molecule is CC(C)n1c(=O)cc(N[C@@H](C)CC2CCOCC2)[nH]c1=O. The minimum absolute atomic E-state index is 0.144. The number of hydrogen-bond donors (Lipinski definition) is 2. The Labute approximate surface area is 124 Å². The summed E-state index contributed by atoms with van der Waals surface area (Å²) >= 11 is 0. The molecule has 0 aromatic carbocycles. The van der Waals surface area contributed by atoms with Crippen LogP contribution in [-0.2, 0) is 4.74 Å². The Bertz CT molecular complexity index is 539. The van der Waals surface area contributed by atoms with Gasteiger partial charge in [0.05, 0.1) is 0 Å². The quantitative estimate of drug-likeness (QED) is 0.867. The summed E-state index contributed by atoms with van der Waals surface area (Å²) < 4.78 is 6.57. The van der Waals surface area contributed by atoms with Crippen LogP contribution < -0.4 is 16.6 Å². The van der Waals surface area contributed by atoms with Gasteiger partial charge < -0.3 is 10.1 Å². The van der Waals surface area contributed by atoms with Crippen LogP contribution >= 0.6 is 0 Å². The molecule has 0 aliphatic carbocycles. The minimum atomic E-state index is -0.363. The lowest BCUT2D eigenvalue weighted by Gasteiger charge is -2.25. The first-order valence-corrected chi connectivity index (χ1v) is 7.67. The molecule has 1 fully saturated rings. The first kappa shape index (κ1) is 15.8. The van der Waals surface area contributed by atoms with Gasteiger partial charge in [-0.2, -0.15) is 0 Å². The Balaban J connectivity index is 2.02. The van der Waals surface area contributed by atoms with Gasteiger partial charge >= 0.3 is 5.69 Å². The zero-order valence-electron chi connectivity index (χ0n) is 13.0. The highest BCUT2D eigenvalue weighted by atomic mass is 16.5. The highest BCUT2D eigenvalue weighted by Gasteiger charge is 2.17. The smallest absolute Gasteiger partial charge is 0.330 e. The summed E-state index contributed by atoms with van der Waals surface area (Å²) in [6, 6.07) is 1.52. The molecular formula is C15H25N3O3. The molecule has 1 aromatic heterocycles. The van der Waals surface area contributed by atoms with Gasteiger partial charge in [-0.05, 0) is 46.0 Å². The van der Waals surface area contributed by atoms with E-state index >= 15 is 0 Å². The number of rotatable bonds is 5. The number of ether oxygens (including phenoxy) is 1. The molecule has 0 saturated carbocycles. The fourth-order valence-corrected chi connectivity index (χ4v) is 2.88. The van der Waals surface area contributed by atoms with Gasteiger partial charge in [0, 0.05) is 31.4 Å². The predicted octanol–water partition coefficient (Wildman–Crippen LogP) is 1.73. The number of aromatic nitrogens is 2. The van der Waals surface area contributed by atoms with Gasteiger partial charge in [-0.3, -0.25) is 14.3 Å². The number of H-pyrrole nitrogens is 1. The molecule has 2 N–H and O–H groups in total. The second-order valence-electron chi connectivity index (χ2n) is 6.13. The molecule has 6 nitrogen and oxygen atoms in total. The largest absolute Gasteiger partial charge is 0.381 e. The summed E-state index contributed by atoms with van der Waals surface area (Å²) in [5.41, 5.74) is -0.632. The maximum absolute atomic E-state index is 12.0. The van der Waals surface area contributed by atoms with E-state index in [0.29, 0.717) is 11.7 Å². The summed E-state index contributed by atoms with van der Waals surface area (Å²) in [5, 5.41) is 3.23. The van der Waals surface area contributed by atoms with Crippen molar-refractivity contribution >= 4 is 5.82 Å². The van der Waals surface area contributed by atoms with Crippen LogP contribution in [0.25, 0.3) is 0 Å². The van der Waals surface area contributed by atoms with E-state index in [0.717, 1.165) is 32.5 Å². The molecule has 0 spiro atoms. The van der Waals surface area contributed by atoms with Gasteiger partial charge in [0.15, 0.2) is 0 Å². The van der Waals surface area contributed by atoms with Crippen molar-refractivity contribution in [2.24, 2.45) is 5.92 Å². The van der Waals surface area contributed by atoms with Crippen molar-refractivity contribution < 1.29 is 4.74 Å². The molecular weight excluding hydrogens is 270 g/mol. The number of aromatic amines is 1. The molecule has 1 saturated heterocycles. The van der Waals surface area contributed by atoms with Gasteiger partial charge in [-0.1, -0.05) is 0 Å². The van der Waals surface area contributed by atoms with Crippen LogP contribution in [0.1, 0.15) is 46.1 Å². The van der Waals surface area contributed by atoms with Crippen molar-refractivity contribution in [1.82, 2.24) is 9.55 Å². The molecule has 1 atom stereocenters. The highest BCUT2D eigenvalue weighted by molar-refractivity contribution is 5.33. The second-order valence-corrected chi connectivity index (χ2v) is 6.13. The molecule has 6 heteroatoms. The van der Waals surface area contributed by atoms with Crippen LogP contribution in [-0.4, -0.2) is 28.8 Å². The molecule has 0 unspecified atom stereocenters. The molecule has 118 valence electrons. The highest BCUT2D eigenvalue weighted by Crippen LogP contribution is 2.21. The molecule has 0 bridgehead atoms. The maximum atomic E-state index is 12.0. The molecule has 21 heavy (non-hydrogen) atoms. The standard InChI is InChI=1S/C15H25N3O3/c1-10(2)18-14(19)9-13(17-15(18)20)16-11(3)8-12-4-6-21-7-5-12/h9-12,16H,4-8H2,1-3H3,(H,17,20)/t11-/m0/s1. The van der Waals surface area contributed by atoms with E-state index in [2.05, 4.69) is 17.2 Å². The van der Waals surface area contributed by atoms with Crippen LogP contribution in [0.2, 0.25) is 0 Å². The first-order valence-electron chi connectivity index (χ1n) is 7.67. The van der Waals surface area contributed by atoms with Gasteiger partial charge in [0.1, 0.15) is 5.82 Å². The number of hydrogen-bond acceptors (Lipinski definition) is 4. The van der Waals surface area contributed by atoms with Crippen molar-refractivity contribution in [3.63, 3.8) is 0 Å². The molecule has 1 aromatic rings. The third-order valence-electron chi connectivity index (χ3n) is 3.91. The zero-order chi connectivity index (χ0) is 15.4. The van der Waals surface area contributed by atoms with Crippen molar-refractivity contribution in [3.05, 3.63) is 26.9 Å². The molecule has 2 rings (SSSR count). The average molecular weight is 295 g/mol. The topological polar surface area (TPSA) is 76.1 Å². The Morgan fingerprint density at radius 3 is 2.57 bits per heavy atom. The Hall–Kier alpha value is -1.56. The lowest BCUT2D eigenvalue weighted by molar-refractivity contribution is 0.0629. The normalized spacial score (nSPS) is 17.9. The molecule has 1 aliphatic heterocycles. The van der Waals surface area contributed by atoms with E-state index in [1.165, 1.54) is 10.6 Å². The third-order valence-corrected chi connectivity index (χ3v) is 3.91. The van der Waals surface area contributed by atoms with Crippen molar-refractivity contribution in [1.29, 1.82) is 0 Å². The summed E-state index contributed by atoms with van der Waals surface area (Å²) in [5.74, 6) is 1.14. The van der Waals surface area contributed by atoms with Crippen molar-refractivity contribution in [3.8, 4) is 0 Å². The Kier molecular flexibility index (Phi) is 5.22. The van der Waals surface area contributed by atoms with E-state index in [1.807, 2.05) is 13.8 Å². The van der Waals surface area contributed by atoms with Crippen LogP contribution in [0.3, 0.4) is 0 Å². The van der Waals surface area contributed by atoms with E-state index in [4.69, 9.17) is 4.74 Å².